The van der Waals surface area contributed by atoms with Crippen molar-refractivity contribution in [3.8, 4) is 0 Å². The number of rotatable bonds is 3. The number of halogens is 1. The Morgan fingerprint density at radius 3 is 2.38 bits per heavy atom. The molecule has 1 aromatic rings. The van der Waals surface area contributed by atoms with E-state index in [0.29, 0.717) is 0 Å². The minimum atomic E-state index is 0. The fourth-order valence-electron chi connectivity index (χ4n) is 2.02. The summed E-state index contributed by atoms with van der Waals surface area (Å²) in [6.07, 6.45) is 1.78. The highest BCUT2D eigenvalue weighted by Crippen LogP contribution is 2.08. The molecular weight excluding hydrogens is 224 g/mol. The van der Waals surface area contributed by atoms with E-state index in [0.717, 1.165) is 6.54 Å². The van der Waals surface area contributed by atoms with Gasteiger partial charge in [0.1, 0.15) is 0 Å². The molecule has 16 heavy (non-hydrogen) atoms. The number of H-pyrrole nitrogens is 1. The summed E-state index contributed by atoms with van der Waals surface area (Å²) in [6.45, 7) is 11.2. The zero-order valence-corrected chi connectivity index (χ0v) is 10.9. The number of nitrogens with zero attached hydrogens (tertiary/aromatic N) is 3. The quantitative estimate of drug-likeness (QED) is 0.870. The van der Waals surface area contributed by atoms with Gasteiger partial charge < -0.3 is 9.88 Å². The van der Waals surface area contributed by atoms with E-state index < -0.39 is 0 Å². The molecule has 1 fully saturated rings. The maximum absolute atomic E-state index is 4.34. The Labute approximate surface area is 103 Å². The molecule has 4 nitrogen and oxygen atoms in total. The molecule has 2 rings (SSSR count). The Hall–Kier alpha value is -0.580. The first-order valence-electron chi connectivity index (χ1n) is 5.73. The summed E-state index contributed by atoms with van der Waals surface area (Å²) in [5.41, 5.74) is 2.40. The Kier molecular flexibility index (Phi) is 5.25. The zero-order valence-electron chi connectivity index (χ0n) is 10.1. The fourth-order valence-corrected chi connectivity index (χ4v) is 2.02. The van der Waals surface area contributed by atoms with Crippen LogP contribution >= 0.6 is 12.4 Å². The lowest BCUT2D eigenvalue weighted by Gasteiger charge is -2.33. The van der Waals surface area contributed by atoms with E-state index in [1.165, 1.54) is 44.1 Å². The number of hydrogen-bond acceptors (Lipinski definition) is 3. The molecule has 0 bridgehead atoms. The molecule has 92 valence electrons. The van der Waals surface area contributed by atoms with Crippen molar-refractivity contribution in [3.05, 3.63) is 17.7 Å². The number of aromatic nitrogens is 2. The summed E-state index contributed by atoms with van der Waals surface area (Å²) in [5.74, 6) is 0. The zero-order chi connectivity index (χ0) is 10.7. The Morgan fingerprint density at radius 2 is 1.88 bits per heavy atom. The number of nitrogens with one attached hydrogen (secondary N) is 1. The molecule has 1 aliphatic rings. The lowest BCUT2D eigenvalue weighted by Crippen LogP contribution is -2.45. The molecule has 0 spiro atoms. The standard InChI is InChI=1S/C11H20N4.ClH/c1-3-14-4-6-15(7-5-14)8-11-10(2)12-9-13-11;/h9H,3-8H2,1-2H3,(H,12,13);1H. The van der Waals surface area contributed by atoms with Gasteiger partial charge in [-0.1, -0.05) is 6.92 Å². The lowest BCUT2D eigenvalue weighted by atomic mass is 10.2. The second-order valence-electron chi connectivity index (χ2n) is 4.18. The summed E-state index contributed by atoms with van der Waals surface area (Å²) < 4.78 is 0. The first-order valence-corrected chi connectivity index (χ1v) is 5.73. The average Bonchev–Trinajstić information content (AvgIpc) is 2.66. The van der Waals surface area contributed by atoms with E-state index in [4.69, 9.17) is 0 Å². The molecule has 0 aliphatic carbocycles. The fraction of sp³-hybridized carbons (Fsp3) is 0.727. The summed E-state index contributed by atoms with van der Waals surface area (Å²) in [6, 6.07) is 0. The average molecular weight is 245 g/mol. The Morgan fingerprint density at radius 1 is 1.25 bits per heavy atom. The van der Waals surface area contributed by atoms with E-state index >= 15 is 0 Å². The van der Waals surface area contributed by atoms with Crippen molar-refractivity contribution in [2.24, 2.45) is 0 Å². The van der Waals surface area contributed by atoms with E-state index in [1.807, 2.05) is 0 Å². The van der Waals surface area contributed by atoms with Crippen molar-refractivity contribution in [1.82, 2.24) is 19.8 Å². The van der Waals surface area contributed by atoms with Crippen LogP contribution in [0.4, 0.5) is 0 Å². The number of likely N-dealkylation sites (N-methyl/N-ethyl adjacent to an activating group) is 1. The predicted octanol–water partition coefficient (Wildman–Crippen LogP) is 1.28. The molecule has 5 heteroatoms. The molecule has 2 heterocycles. The monoisotopic (exact) mass is 244 g/mol. The van der Waals surface area contributed by atoms with E-state index in [9.17, 15) is 0 Å². The molecule has 1 aliphatic heterocycles. The maximum Gasteiger partial charge on any atom is 0.0925 e. The topological polar surface area (TPSA) is 35.2 Å². The Balaban J connectivity index is 0.00000128. The van der Waals surface area contributed by atoms with Crippen LogP contribution in [-0.4, -0.2) is 52.5 Å². The molecule has 0 radical (unpaired) electrons. The highest BCUT2D eigenvalue weighted by atomic mass is 35.5. The van der Waals surface area contributed by atoms with Gasteiger partial charge in [0.2, 0.25) is 0 Å². The third-order valence-electron chi connectivity index (χ3n) is 3.22. The maximum atomic E-state index is 4.34. The van der Waals surface area contributed by atoms with Crippen LogP contribution in [0, 0.1) is 6.92 Å². The smallest absolute Gasteiger partial charge is 0.0925 e. The first-order chi connectivity index (χ1) is 7.29. The highest BCUT2D eigenvalue weighted by molar-refractivity contribution is 5.85. The van der Waals surface area contributed by atoms with Gasteiger partial charge in [-0.25, -0.2) is 4.98 Å². The van der Waals surface area contributed by atoms with Crippen molar-refractivity contribution >= 4 is 12.4 Å². The summed E-state index contributed by atoms with van der Waals surface area (Å²) in [7, 11) is 0. The van der Waals surface area contributed by atoms with Gasteiger partial charge in [-0.05, 0) is 13.5 Å². The van der Waals surface area contributed by atoms with Crippen LogP contribution in [0.3, 0.4) is 0 Å². The van der Waals surface area contributed by atoms with Crippen molar-refractivity contribution in [2.45, 2.75) is 20.4 Å². The third kappa shape index (κ3) is 3.20. The van der Waals surface area contributed by atoms with Crippen LogP contribution in [0.5, 0.6) is 0 Å². The SMILES string of the molecule is CCN1CCN(Cc2nc[nH]c2C)CC1.Cl. The number of piperazine rings is 1. The largest absolute Gasteiger partial charge is 0.348 e. The van der Waals surface area contributed by atoms with Crippen LogP contribution in [-0.2, 0) is 6.54 Å². The van der Waals surface area contributed by atoms with E-state index in [-0.39, 0.29) is 12.4 Å². The minimum Gasteiger partial charge on any atom is -0.348 e. The molecule has 1 aromatic heterocycles. The summed E-state index contributed by atoms with van der Waals surface area (Å²) >= 11 is 0. The summed E-state index contributed by atoms with van der Waals surface area (Å²) in [4.78, 5) is 12.4. The minimum absolute atomic E-state index is 0. The summed E-state index contributed by atoms with van der Waals surface area (Å²) in [5, 5.41) is 0. The van der Waals surface area contributed by atoms with Crippen LogP contribution < -0.4 is 0 Å². The normalized spacial score (nSPS) is 18.4. The van der Waals surface area contributed by atoms with Crippen LogP contribution in [0.1, 0.15) is 18.3 Å². The molecule has 0 aromatic carbocycles. The van der Waals surface area contributed by atoms with Gasteiger partial charge in [-0.3, -0.25) is 4.90 Å². The van der Waals surface area contributed by atoms with Crippen molar-refractivity contribution < 1.29 is 0 Å². The number of hydrogen-bond donors (Lipinski definition) is 1. The molecule has 0 unspecified atom stereocenters. The van der Waals surface area contributed by atoms with Crippen LogP contribution in [0.2, 0.25) is 0 Å². The van der Waals surface area contributed by atoms with Crippen LogP contribution in [0.15, 0.2) is 6.33 Å². The molecule has 0 amide bonds. The third-order valence-corrected chi connectivity index (χ3v) is 3.22. The van der Waals surface area contributed by atoms with Gasteiger partial charge in [0.15, 0.2) is 0 Å². The van der Waals surface area contributed by atoms with Gasteiger partial charge in [-0.15, -0.1) is 12.4 Å². The van der Waals surface area contributed by atoms with Crippen LogP contribution in [0.25, 0.3) is 0 Å². The van der Waals surface area contributed by atoms with Gasteiger partial charge in [0.25, 0.3) is 0 Å². The van der Waals surface area contributed by atoms with Crippen molar-refractivity contribution in [2.75, 3.05) is 32.7 Å². The second-order valence-corrected chi connectivity index (χ2v) is 4.18. The predicted molar refractivity (Wildman–Crippen MR) is 68.0 cm³/mol. The van der Waals surface area contributed by atoms with Crippen molar-refractivity contribution in [1.29, 1.82) is 0 Å². The first kappa shape index (κ1) is 13.5. The molecule has 1 N–H and O–H groups in total. The van der Waals surface area contributed by atoms with Gasteiger partial charge in [-0.2, -0.15) is 0 Å². The molecule has 1 saturated heterocycles. The van der Waals surface area contributed by atoms with Gasteiger partial charge >= 0.3 is 0 Å². The molecule has 0 saturated carbocycles. The van der Waals surface area contributed by atoms with Gasteiger partial charge in [0, 0.05) is 38.4 Å². The van der Waals surface area contributed by atoms with E-state index in [1.54, 1.807) is 6.33 Å². The second kappa shape index (κ2) is 6.23. The molecular formula is C11H21ClN4. The Bertz CT molecular complexity index is 305. The van der Waals surface area contributed by atoms with E-state index in [2.05, 4.69) is 33.6 Å². The van der Waals surface area contributed by atoms with Crippen molar-refractivity contribution in [3.63, 3.8) is 0 Å². The number of aryl methyl sites for hydroxylation is 1. The molecule has 0 atom stereocenters. The highest BCUT2D eigenvalue weighted by Gasteiger charge is 2.16. The number of imidazole rings is 1. The van der Waals surface area contributed by atoms with Gasteiger partial charge in [0.05, 0.1) is 12.0 Å². The number of aromatic amines is 1. The lowest BCUT2D eigenvalue weighted by molar-refractivity contribution is 0.131.